The van der Waals surface area contributed by atoms with E-state index in [1.54, 1.807) is 52.0 Å². The zero-order chi connectivity index (χ0) is 58.6. The number of likely N-dealkylation sites (N-methyl/N-ethyl adjacent to an activating group) is 2. The lowest BCUT2D eigenvalue weighted by Gasteiger charge is -2.36. The SMILES string of the molecule is COc1ccc(C[C@H]2C(=O)O[C@H](C)C(NC(=O)[C@@H](CC(C)C)N(C)C(=O)[C@@H]3CCCN3C(=O)[C@H](C)O)C(=O)N[C@H](C(C)C)[C@@H](O)CC(=O)O[C@@H](C(C)C)C(=O)[C@H](C)C(=O)N[C@@H](CC(C)C)C(=O)N3CCC[C@H]3C(=O)N2C)cc1. The lowest BCUT2D eigenvalue weighted by Crippen LogP contribution is -2.62. The quantitative estimate of drug-likeness (QED) is 0.131. The van der Waals surface area contributed by atoms with Crippen LogP contribution >= 0.6 is 0 Å². The fraction of sp³-hybridized carbons (Fsp3) is 0.714. The van der Waals surface area contributed by atoms with Gasteiger partial charge in [-0.2, -0.15) is 0 Å². The molecule has 22 heteroatoms. The van der Waals surface area contributed by atoms with Crippen molar-refractivity contribution < 1.29 is 72.4 Å². The minimum atomic E-state index is -1.76. The Labute approximate surface area is 459 Å². The third-order valence-corrected chi connectivity index (χ3v) is 14.9. The second-order valence-corrected chi connectivity index (χ2v) is 22.8. The lowest BCUT2D eigenvalue weighted by molar-refractivity contribution is -0.163. The van der Waals surface area contributed by atoms with Gasteiger partial charge in [-0.25, -0.2) is 4.79 Å². The topological polar surface area (TPSA) is 288 Å². The molecule has 0 aromatic heterocycles. The Kier molecular flexibility index (Phi) is 23.6. The maximum atomic E-state index is 14.9. The van der Waals surface area contributed by atoms with Gasteiger partial charge in [0.15, 0.2) is 11.9 Å². The van der Waals surface area contributed by atoms with Crippen molar-refractivity contribution >= 4 is 59.1 Å². The first-order valence-corrected chi connectivity index (χ1v) is 27.5. The predicted molar refractivity (Wildman–Crippen MR) is 286 cm³/mol. The van der Waals surface area contributed by atoms with Crippen molar-refractivity contribution in [1.29, 1.82) is 0 Å². The van der Waals surface area contributed by atoms with Crippen LogP contribution in [0.15, 0.2) is 24.3 Å². The van der Waals surface area contributed by atoms with Gasteiger partial charge in [-0.05, 0) is 101 Å². The zero-order valence-corrected chi connectivity index (χ0v) is 48.1. The highest BCUT2D eigenvalue weighted by Crippen LogP contribution is 2.27. The van der Waals surface area contributed by atoms with E-state index in [2.05, 4.69) is 16.0 Å². The Balaban J connectivity index is 1.87. The van der Waals surface area contributed by atoms with Gasteiger partial charge in [0.1, 0.15) is 54.2 Å². The summed E-state index contributed by atoms with van der Waals surface area (Å²) in [6.07, 6.45) is -5.36. The number of methoxy groups -OCH3 is 1. The van der Waals surface area contributed by atoms with Crippen molar-refractivity contribution in [2.45, 2.75) is 194 Å². The molecule has 22 nitrogen and oxygen atoms in total. The van der Waals surface area contributed by atoms with Gasteiger partial charge in [-0.3, -0.25) is 43.2 Å². The van der Waals surface area contributed by atoms with Gasteiger partial charge in [0.05, 0.1) is 31.6 Å². The van der Waals surface area contributed by atoms with Gasteiger partial charge in [-0.15, -0.1) is 0 Å². The molecule has 1 unspecified atom stereocenters. The van der Waals surface area contributed by atoms with E-state index in [0.29, 0.717) is 24.2 Å². The summed E-state index contributed by atoms with van der Waals surface area (Å²) in [5.41, 5.74) is 0.569. The second kappa shape index (κ2) is 28.6. The summed E-state index contributed by atoms with van der Waals surface area (Å²) in [6, 6.07) is -2.21. The number of ether oxygens (including phenoxy) is 3. The van der Waals surface area contributed by atoms with Gasteiger partial charge in [0, 0.05) is 33.6 Å². The number of benzene rings is 1. The summed E-state index contributed by atoms with van der Waals surface area (Å²) in [7, 11) is 4.28. The van der Waals surface area contributed by atoms with E-state index < -0.39 is 150 Å². The number of amides is 7. The number of aliphatic hydroxyl groups excluding tert-OH is 2. The van der Waals surface area contributed by atoms with Crippen molar-refractivity contribution in [2.24, 2.45) is 29.6 Å². The van der Waals surface area contributed by atoms with Crippen LogP contribution in [0.5, 0.6) is 5.75 Å². The molecule has 12 atom stereocenters. The van der Waals surface area contributed by atoms with E-state index in [1.165, 1.54) is 61.6 Å². The number of rotatable bonds is 14. The van der Waals surface area contributed by atoms with E-state index in [-0.39, 0.29) is 57.0 Å². The highest BCUT2D eigenvalue weighted by molar-refractivity contribution is 6.05. The van der Waals surface area contributed by atoms with Crippen molar-refractivity contribution in [1.82, 2.24) is 35.6 Å². The first-order valence-electron chi connectivity index (χ1n) is 27.5. The third kappa shape index (κ3) is 16.5. The van der Waals surface area contributed by atoms with Crippen LogP contribution in [0.1, 0.15) is 127 Å². The summed E-state index contributed by atoms with van der Waals surface area (Å²) in [5.74, 6) is -10.3. The summed E-state index contributed by atoms with van der Waals surface area (Å²) in [5, 5.41) is 30.0. The van der Waals surface area contributed by atoms with Crippen molar-refractivity contribution in [2.75, 3.05) is 34.3 Å². The number of esters is 2. The maximum Gasteiger partial charge on any atom is 0.329 e. The number of fused-ring (bicyclic) bond motifs is 1. The average molecular weight is 1100 g/mol. The third-order valence-electron chi connectivity index (χ3n) is 14.9. The molecule has 3 saturated heterocycles. The van der Waals surface area contributed by atoms with E-state index in [9.17, 15) is 58.2 Å². The van der Waals surface area contributed by atoms with E-state index in [1.807, 2.05) is 27.7 Å². The molecule has 1 aromatic carbocycles. The molecule has 5 N–H and O–H groups in total. The van der Waals surface area contributed by atoms with Crippen LogP contribution in [0.4, 0.5) is 0 Å². The Morgan fingerprint density at radius 1 is 0.833 bits per heavy atom. The van der Waals surface area contributed by atoms with Gasteiger partial charge < -0.3 is 60.0 Å². The van der Waals surface area contributed by atoms with Gasteiger partial charge >= 0.3 is 11.9 Å². The molecule has 3 aliphatic rings. The Morgan fingerprint density at radius 3 is 2.03 bits per heavy atom. The minimum absolute atomic E-state index is 0.0711. The number of hydrogen-bond donors (Lipinski definition) is 5. The first kappa shape index (κ1) is 64.4. The molecular weight excluding hydrogens is 1010 g/mol. The molecule has 3 fully saturated rings. The fourth-order valence-electron chi connectivity index (χ4n) is 10.4. The Hall–Kier alpha value is -6.16. The summed E-state index contributed by atoms with van der Waals surface area (Å²) < 4.78 is 17.2. The molecular formula is C56H87N7O15. The molecule has 78 heavy (non-hydrogen) atoms. The molecule has 7 amide bonds. The summed E-state index contributed by atoms with van der Waals surface area (Å²) in [6.45, 7) is 18.2. The van der Waals surface area contributed by atoms with Crippen LogP contribution in [0.25, 0.3) is 0 Å². The van der Waals surface area contributed by atoms with Crippen LogP contribution in [0, 0.1) is 29.6 Å². The van der Waals surface area contributed by atoms with Gasteiger partial charge in [-0.1, -0.05) is 67.5 Å². The highest BCUT2D eigenvalue weighted by atomic mass is 16.6. The number of Topliss-reactive ketones (excluding diaryl/α,β-unsaturated/α-hetero) is 1. The largest absolute Gasteiger partial charge is 0.497 e. The first-order chi connectivity index (χ1) is 36.5. The molecule has 0 spiro atoms. The van der Waals surface area contributed by atoms with Crippen molar-refractivity contribution in [3.05, 3.63) is 29.8 Å². The van der Waals surface area contributed by atoms with Crippen LogP contribution < -0.4 is 20.7 Å². The standard InChI is InChI=1S/C56H87N7O15/c1-29(2)25-38-53(72)63-24-16-18-40(63)55(74)61(13)42(27-36-19-21-37(76-14)22-20-36)56(75)77-35(11)46(59-50(69)41(26-30(3)4)60(12)54(73)39-17-15-23-62(39)52(71)34(10)64)51(70)58-45(31(5)6)43(65)28-44(66)78-48(32(7)8)47(67)33(9)49(68)57-38/h19-22,29-35,38-43,45-46,48,64-65H,15-18,23-28H2,1-14H3,(H,57,68)(H,58,70)(H,59,69)/t33-,34-,35+,38-,39-,40-,41+,42-,43-,45+,46?,48-/m0/s1. The molecule has 0 bridgehead atoms. The number of nitrogens with one attached hydrogen (secondary N) is 3. The molecule has 0 saturated carbocycles. The van der Waals surface area contributed by atoms with Gasteiger partial charge in [0.25, 0.3) is 5.91 Å². The predicted octanol–water partition coefficient (Wildman–Crippen LogP) is 1.93. The molecule has 3 aliphatic heterocycles. The molecule has 3 heterocycles. The summed E-state index contributed by atoms with van der Waals surface area (Å²) >= 11 is 0. The monoisotopic (exact) mass is 1100 g/mol. The van der Waals surface area contributed by atoms with Crippen molar-refractivity contribution in [3.63, 3.8) is 0 Å². The van der Waals surface area contributed by atoms with Crippen LogP contribution in [0.3, 0.4) is 0 Å². The normalized spacial score (nSPS) is 27.5. The number of carbonyl (C=O) groups is 10. The van der Waals surface area contributed by atoms with Crippen molar-refractivity contribution in [3.8, 4) is 5.75 Å². The smallest absolute Gasteiger partial charge is 0.329 e. The zero-order valence-electron chi connectivity index (χ0n) is 48.1. The van der Waals surface area contributed by atoms with E-state index >= 15 is 0 Å². The molecule has 1 aromatic rings. The number of nitrogens with zero attached hydrogens (tertiary/aromatic N) is 4. The Bertz CT molecular complexity index is 2310. The minimum Gasteiger partial charge on any atom is -0.497 e. The number of ketones is 1. The molecule has 0 radical (unpaired) electrons. The van der Waals surface area contributed by atoms with E-state index in [0.717, 1.165) is 0 Å². The van der Waals surface area contributed by atoms with Crippen LogP contribution in [-0.4, -0.2) is 190 Å². The molecule has 0 aliphatic carbocycles. The molecule has 436 valence electrons. The van der Waals surface area contributed by atoms with Crippen LogP contribution in [0.2, 0.25) is 0 Å². The Morgan fingerprint density at radius 2 is 1.46 bits per heavy atom. The molecule has 4 rings (SSSR count). The lowest BCUT2D eigenvalue weighted by atomic mass is 9.92. The fourth-order valence-corrected chi connectivity index (χ4v) is 10.4. The number of carbonyl (C=O) groups excluding carboxylic acids is 10. The summed E-state index contributed by atoms with van der Waals surface area (Å²) in [4.78, 5) is 148. The van der Waals surface area contributed by atoms with Crippen LogP contribution in [-0.2, 0) is 63.8 Å². The average Bonchev–Trinajstić information content (AvgIpc) is 4.08. The number of likely N-dealkylation sites (tertiary alicyclic amines) is 1. The van der Waals surface area contributed by atoms with Gasteiger partial charge in [0.2, 0.25) is 35.4 Å². The highest BCUT2D eigenvalue weighted by Gasteiger charge is 2.46. The van der Waals surface area contributed by atoms with E-state index in [4.69, 9.17) is 14.2 Å². The maximum absolute atomic E-state index is 14.9. The number of aliphatic hydroxyl groups is 2. The number of cyclic esters (lactones) is 2. The second-order valence-electron chi connectivity index (χ2n) is 22.8. The number of hydrogen-bond acceptors (Lipinski definition) is 15.